The van der Waals surface area contributed by atoms with Crippen LogP contribution in [0.25, 0.3) is 0 Å². The first-order valence-corrected chi connectivity index (χ1v) is 12.9. The Morgan fingerprint density at radius 2 is 1.75 bits per heavy atom. The van der Waals surface area contributed by atoms with Gasteiger partial charge in [-0.3, -0.25) is 8.86 Å². The van der Waals surface area contributed by atoms with Crippen molar-refractivity contribution in [2.24, 2.45) is 16.2 Å². The zero-order valence-electron chi connectivity index (χ0n) is 17.3. The van der Waals surface area contributed by atoms with Crippen LogP contribution in [-0.2, 0) is 25.6 Å². The standard InChI is InChI=1S/C20H31IN2O4S/c1-15-16(21)7-22-23(15)14-19-9-17(2)8-18(3,10-19)12-20(11-17,13-19)26-5-6-27-28(4,24)25/h7H,5-6,8-14H2,1-4H3. The van der Waals surface area contributed by atoms with Gasteiger partial charge in [0.25, 0.3) is 10.1 Å². The summed E-state index contributed by atoms with van der Waals surface area (Å²) >= 11 is 2.35. The Morgan fingerprint density at radius 1 is 1.11 bits per heavy atom. The van der Waals surface area contributed by atoms with Gasteiger partial charge in [0.05, 0.1) is 34.8 Å². The summed E-state index contributed by atoms with van der Waals surface area (Å²) in [4.78, 5) is 0. The molecule has 4 bridgehead atoms. The molecule has 2 unspecified atom stereocenters. The van der Waals surface area contributed by atoms with E-state index in [1.807, 2.05) is 6.20 Å². The minimum absolute atomic E-state index is 0.0947. The van der Waals surface area contributed by atoms with Crippen LogP contribution < -0.4 is 0 Å². The van der Waals surface area contributed by atoms with E-state index in [0.29, 0.717) is 6.61 Å². The predicted octanol–water partition coefficient (Wildman–Crippen LogP) is 3.91. The van der Waals surface area contributed by atoms with Crippen LogP contribution in [0.15, 0.2) is 6.20 Å². The fraction of sp³-hybridized carbons (Fsp3) is 0.850. The number of aromatic nitrogens is 2. The Bertz CT molecular complexity index is 863. The molecule has 8 heteroatoms. The second-order valence-corrected chi connectivity index (χ2v) is 13.3. The minimum Gasteiger partial charge on any atom is -0.372 e. The third kappa shape index (κ3) is 4.03. The molecule has 28 heavy (non-hydrogen) atoms. The van der Waals surface area contributed by atoms with Crippen LogP contribution in [0.5, 0.6) is 0 Å². The van der Waals surface area contributed by atoms with Crippen LogP contribution in [0.1, 0.15) is 58.1 Å². The first-order valence-electron chi connectivity index (χ1n) is 10.0. The normalized spacial score (nSPS) is 39.6. The monoisotopic (exact) mass is 522 g/mol. The maximum absolute atomic E-state index is 11.3. The van der Waals surface area contributed by atoms with Gasteiger partial charge in [0.2, 0.25) is 0 Å². The van der Waals surface area contributed by atoms with Crippen LogP contribution in [0, 0.1) is 26.7 Å². The van der Waals surface area contributed by atoms with Crippen molar-refractivity contribution < 1.29 is 17.3 Å². The number of hydrogen-bond donors (Lipinski definition) is 0. The molecule has 4 saturated carbocycles. The number of hydrogen-bond acceptors (Lipinski definition) is 5. The Morgan fingerprint density at radius 3 is 2.29 bits per heavy atom. The summed E-state index contributed by atoms with van der Waals surface area (Å²) in [5, 5.41) is 4.64. The third-order valence-corrected chi connectivity index (χ3v) is 8.62. The molecule has 2 atom stereocenters. The van der Waals surface area contributed by atoms with Gasteiger partial charge in [0.1, 0.15) is 0 Å². The molecule has 1 heterocycles. The molecular weight excluding hydrogens is 491 g/mol. The van der Waals surface area contributed by atoms with Crippen molar-refractivity contribution in [2.45, 2.75) is 71.4 Å². The fourth-order valence-electron chi connectivity index (χ4n) is 7.50. The Hall–Kier alpha value is -0.190. The lowest BCUT2D eigenvalue weighted by atomic mass is 9.39. The summed E-state index contributed by atoms with van der Waals surface area (Å²) in [5.74, 6) is 0. The number of ether oxygens (including phenoxy) is 1. The highest BCUT2D eigenvalue weighted by atomic mass is 127. The first kappa shape index (κ1) is 21.1. The van der Waals surface area contributed by atoms with E-state index in [2.05, 4.69) is 53.1 Å². The van der Waals surface area contributed by atoms with E-state index in [4.69, 9.17) is 8.92 Å². The topological polar surface area (TPSA) is 70.4 Å². The highest BCUT2D eigenvalue weighted by Crippen LogP contribution is 2.72. The summed E-state index contributed by atoms with van der Waals surface area (Å²) in [6.07, 6.45) is 9.88. The van der Waals surface area contributed by atoms with Gasteiger partial charge >= 0.3 is 0 Å². The molecule has 0 saturated heterocycles. The predicted molar refractivity (Wildman–Crippen MR) is 116 cm³/mol. The van der Waals surface area contributed by atoms with E-state index in [0.717, 1.165) is 32.1 Å². The second-order valence-electron chi connectivity index (χ2n) is 10.5. The van der Waals surface area contributed by atoms with Gasteiger partial charge < -0.3 is 4.74 Å². The van der Waals surface area contributed by atoms with E-state index < -0.39 is 10.1 Å². The van der Waals surface area contributed by atoms with Gasteiger partial charge in [0, 0.05) is 12.2 Å². The quantitative estimate of drug-likeness (QED) is 0.309. The van der Waals surface area contributed by atoms with Crippen molar-refractivity contribution in [1.29, 1.82) is 0 Å². The van der Waals surface area contributed by atoms with E-state index in [-0.39, 0.29) is 28.5 Å². The third-order valence-electron chi connectivity index (χ3n) is 6.97. The maximum atomic E-state index is 11.3. The summed E-state index contributed by atoms with van der Waals surface area (Å²) in [7, 11) is -3.42. The first-order chi connectivity index (χ1) is 12.8. The van der Waals surface area contributed by atoms with Gasteiger partial charge in [-0.2, -0.15) is 13.5 Å². The summed E-state index contributed by atoms with van der Waals surface area (Å²) < 4.78 is 37.3. The van der Waals surface area contributed by atoms with Crippen molar-refractivity contribution >= 4 is 32.7 Å². The van der Waals surface area contributed by atoms with Gasteiger partial charge in [0.15, 0.2) is 0 Å². The van der Waals surface area contributed by atoms with Crippen LogP contribution in [0.4, 0.5) is 0 Å². The average Bonchev–Trinajstić information content (AvgIpc) is 2.79. The van der Waals surface area contributed by atoms with E-state index in [1.54, 1.807) is 0 Å². The van der Waals surface area contributed by atoms with Crippen molar-refractivity contribution in [3.05, 3.63) is 15.5 Å². The maximum Gasteiger partial charge on any atom is 0.264 e. The van der Waals surface area contributed by atoms with E-state index in [9.17, 15) is 8.42 Å². The molecule has 0 aromatic carbocycles. The van der Waals surface area contributed by atoms with Crippen molar-refractivity contribution in [3.8, 4) is 0 Å². The lowest BCUT2D eigenvalue weighted by Crippen LogP contribution is -2.64. The van der Waals surface area contributed by atoms with Gasteiger partial charge in [-0.15, -0.1) is 0 Å². The lowest BCUT2D eigenvalue weighted by Gasteiger charge is -2.69. The Kier molecular flexibility index (Phi) is 5.00. The van der Waals surface area contributed by atoms with E-state index in [1.165, 1.54) is 28.5 Å². The molecule has 1 aromatic rings. The molecule has 4 fully saturated rings. The largest absolute Gasteiger partial charge is 0.372 e. The number of halogens is 1. The van der Waals surface area contributed by atoms with Gasteiger partial charge in [-0.05, 0) is 84.3 Å². The zero-order chi connectivity index (χ0) is 20.4. The van der Waals surface area contributed by atoms with E-state index >= 15 is 0 Å². The number of rotatable bonds is 7. The molecule has 0 N–H and O–H groups in total. The summed E-state index contributed by atoms with van der Waals surface area (Å²) in [6, 6.07) is 0. The molecule has 1 aromatic heterocycles. The molecule has 6 nitrogen and oxygen atoms in total. The molecule has 0 amide bonds. The lowest BCUT2D eigenvalue weighted by molar-refractivity contribution is -0.249. The van der Waals surface area contributed by atoms with Crippen molar-refractivity contribution in [1.82, 2.24) is 9.78 Å². The minimum atomic E-state index is -3.42. The summed E-state index contributed by atoms with van der Waals surface area (Å²) in [6.45, 7) is 8.35. The number of nitrogens with zero attached hydrogens (tertiary/aromatic N) is 2. The zero-order valence-corrected chi connectivity index (χ0v) is 20.2. The Balaban J connectivity index is 1.57. The molecular formula is C20H31IN2O4S. The van der Waals surface area contributed by atoms with Crippen molar-refractivity contribution in [2.75, 3.05) is 19.5 Å². The highest BCUT2D eigenvalue weighted by molar-refractivity contribution is 14.1. The molecule has 4 aliphatic rings. The van der Waals surface area contributed by atoms with Crippen LogP contribution in [0.2, 0.25) is 0 Å². The molecule has 158 valence electrons. The smallest absolute Gasteiger partial charge is 0.264 e. The second kappa shape index (κ2) is 6.65. The van der Waals surface area contributed by atoms with Crippen LogP contribution >= 0.6 is 22.6 Å². The molecule has 0 spiro atoms. The average molecular weight is 522 g/mol. The molecule has 0 aliphatic heterocycles. The Labute approximate surface area is 182 Å². The van der Waals surface area contributed by atoms with Crippen LogP contribution in [0.3, 0.4) is 0 Å². The highest BCUT2D eigenvalue weighted by Gasteiger charge is 2.66. The molecule has 5 rings (SSSR count). The summed E-state index contributed by atoms with van der Waals surface area (Å²) in [5.41, 5.74) is 1.80. The fourth-order valence-corrected chi connectivity index (χ4v) is 8.27. The van der Waals surface area contributed by atoms with Crippen LogP contribution in [-0.4, -0.2) is 43.3 Å². The molecule has 0 radical (unpaired) electrons. The molecule has 4 aliphatic carbocycles. The van der Waals surface area contributed by atoms with Gasteiger partial charge in [-0.25, -0.2) is 0 Å². The van der Waals surface area contributed by atoms with Crippen molar-refractivity contribution in [3.63, 3.8) is 0 Å². The SMILES string of the molecule is Cc1c(I)cnn1CC12CC3(C)CC(C)(C1)CC(OCCOS(C)(=O)=O)(C3)C2. The van der Waals surface area contributed by atoms with Gasteiger partial charge in [-0.1, -0.05) is 13.8 Å².